The van der Waals surface area contributed by atoms with E-state index in [1.807, 2.05) is 13.2 Å². The van der Waals surface area contributed by atoms with Gasteiger partial charge >= 0.3 is 0 Å². The van der Waals surface area contributed by atoms with Crippen molar-refractivity contribution in [3.8, 4) is 0 Å². The van der Waals surface area contributed by atoms with E-state index in [1.54, 1.807) is 11.8 Å². The molecule has 0 spiro atoms. The minimum atomic E-state index is -0.295. The highest BCUT2D eigenvalue weighted by atomic mass is 32.2. The number of amides is 1. The van der Waals surface area contributed by atoms with Gasteiger partial charge in [-0.15, -0.1) is 0 Å². The van der Waals surface area contributed by atoms with Crippen LogP contribution in [-0.4, -0.2) is 29.4 Å². The van der Waals surface area contributed by atoms with E-state index in [9.17, 15) is 4.79 Å². The molecule has 0 aliphatic carbocycles. The lowest BCUT2D eigenvalue weighted by Crippen LogP contribution is -2.38. The van der Waals surface area contributed by atoms with Gasteiger partial charge in [0, 0.05) is 12.3 Å². The first-order chi connectivity index (χ1) is 6.63. The van der Waals surface area contributed by atoms with E-state index < -0.39 is 0 Å². The Morgan fingerprint density at radius 1 is 1.64 bits per heavy atom. The molecule has 0 saturated carbocycles. The number of carbonyl (C=O) groups is 1. The summed E-state index contributed by atoms with van der Waals surface area (Å²) in [6.45, 7) is 2.70. The molecule has 14 heavy (non-hydrogen) atoms. The summed E-state index contributed by atoms with van der Waals surface area (Å²) in [6.07, 6.45) is 3.65. The largest absolute Gasteiger partial charge is 0.393 e. The number of thioether (sulfide) groups is 1. The minimum absolute atomic E-state index is 0.0339. The SMILES string of the molecule is CCCC(C(=O)NCCSC)C(N)=S. The summed E-state index contributed by atoms with van der Waals surface area (Å²) in [7, 11) is 0. The van der Waals surface area contributed by atoms with Crippen LogP contribution in [0.5, 0.6) is 0 Å². The zero-order chi connectivity index (χ0) is 11.0. The molecule has 82 valence electrons. The third-order valence-corrected chi connectivity index (χ3v) is 2.74. The smallest absolute Gasteiger partial charge is 0.229 e. The van der Waals surface area contributed by atoms with Gasteiger partial charge in [0.25, 0.3) is 0 Å². The van der Waals surface area contributed by atoms with Crippen LogP contribution in [0.25, 0.3) is 0 Å². The summed E-state index contributed by atoms with van der Waals surface area (Å²) >= 11 is 6.55. The maximum atomic E-state index is 11.6. The molecule has 0 saturated heterocycles. The molecule has 3 N–H and O–H groups in total. The van der Waals surface area contributed by atoms with E-state index in [0.29, 0.717) is 11.5 Å². The molecular formula is C9H18N2OS2. The van der Waals surface area contributed by atoms with Crippen LogP contribution in [0.1, 0.15) is 19.8 Å². The molecule has 1 amide bonds. The Labute approximate surface area is 95.2 Å². The maximum absolute atomic E-state index is 11.6. The quantitative estimate of drug-likeness (QED) is 0.513. The number of nitrogens with two attached hydrogens (primary N) is 1. The minimum Gasteiger partial charge on any atom is -0.393 e. The highest BCUT2D eigenvalue weighted by Gasteiger charge is 2.19. The third-order valence-electron chi connectivity index (χ3n) is 1.84. The summed E-state index contributed by atoms with van der Waals surface area (Å²) in [5.74, 6) is 0.590. The van der Waals surface area contributed by atoms with E-state index >= 15 is 0 Å². The number of rotatable bonds is 7. The van der Waals surface area contributed by atoms with E-state index in [1.165, 1.54) is 0 Å². The van der Waals surface area contributed by atoms with Gasteiger partial charge in [0.2, 0.25) is 5.91 Å². The fourth-order valence-electron chi connectivity index (χ4n) is 1.09. The number of thiocarbonyl (C=S) groups is 1. The molecule has 0 rings (SSSR count). The standard InChI is InChI=1S/C9H18N2OS2/c1-3-4-7(8(10)13)9(12)11-5-6-14-2/h7H,3-6H2,1-2H3,(H2,10,13)(H,11,12). The second kappa shape index (κ2) is 8.05. The fourth-order valence-corrected chi connectivity index (χ4v) is 1.62. The first-order valence-electron chi connectivity index (χ1n) is 4.69. The fraction of sp³-hybridized carbons (Fsp3) is 0.778. The van der Waals surface area contributed by atoms with Gasteiger partial charge < -0.3 is 11.1 Å². The van der Waals surface area contributed by atoms with Crippen molar-refractivity contribution in [1.29, 1.82) is 0 Å². The van der Waals surface area contributed by atoms with E-state index in [0.717, 1.165) is 18.6 Å². The topological polar surface area (TPSA) is 55.1 Å². The van der Waals surface area contributed by atoms with Crippen molar-refractivity contribution in [3.63, 3.8) is 0 Å². The summed E-state index contributed by atoms with van der Waals surface area (Å²) in [5, 5.41) is 2.82. The van der Waals surface area contributed by atoms with E-state index in [2.05, 4.69) is 5.32 Å². The molecule has 0 aromatic rings. The molecule has 0 bridgehead atoms. The molecule has 0 radical (unpaired) electrons. The van der Waals surface area contributed by atoms with Crippen molar-refractivity contribution in [1.82, 2.24) is 5.32 Å². The van der Waals surface area contributed by atoms with Crippen LogP contribution in [-0.2, 0) is 4.79 Å². The van der Waals surface area contributed by atoms with E-state index in [4.69, 9.17) is 18.0 Å². The molecule has 0 aromatic carbocycles. The van der Waals surface area contributed by atoms with Crippen LogP contribution < -0.4 is 11.1 Å². The third kappa shape index (κ3) is 5.44. The zero-order valence-corrected chi connectivity index (χ0v) is 10.3. The average molecular weight is 234 g/mol. The van der Waals surface area contributed by atoms with Gasteiger partial charge in [-0.3, -0.25) is 4.79 Å². The number of hydrogen-bond donors (Lipinski definition) is 2. The summed E-state index contributed by atoms with van der Waals surface area (Å²) in [6, 6.07) is 0. The van der Waals surface area contributed by atoms with Crippen LogP contribution in [0.3, 0.4) is 0 Å². The second-order valence-corrected chi connectivity index (χ2v) is 4.48. The molecule has 5 heteroatoms. The van der Waals surface area contributed by atoms with Gasteiger partial charge in [-0.1, -0.05) is 25.6 Å². The first kappa shape index (κ1) is 13.7. The van der Waals surface area contributed by atoms with Gasteiger partial charge in [0.1, 0.15) is 0 Å². The summed E-state index contributed by atoms with van der Waals surface area (Å²) < 4.78 is 0. The monoisotopic (exact) mass is 234 g/mol. The molecule has 3 nitrogen and oxygen atoms in total. The van der Waals surface area contributed by atoms with Crippen molar-refractivity contribution in [3.05, 3.63) is 0 Å². The van der Waals surface area contributed by atoms with Gasteiger partial charge in [0.15, 0.2) is 0 Å². The maximum Gasteiger partial charge on any atom is 0.229 e. The summed E-state index contributed by atoms with van der Waals surface area (Å²) in [5.41, 5.74) is 5.49. The molecule has 1 unspecified atom stereocenters. The van der Waals surface area contributed by atoms with E-state index in [-0.39, 0.29) is 11.8 Å². The van der Waals surface area contributed by atoms with Crippen LogP contribution >= 0.6 is 24.0 Å². The predicted octanol–water partition coefficient (Wildman–Crippen LogP) is 1.17. The molecule has 0 aliphatic heterocycles. The lowest BCUT2D eigenvalue weighted by Gasteiger charge is -2.14. The van der Waals surface area contributed by atoms with Crippen LogP contribution in [0.4, 0.5) is 0 Å². The Kier molecular flexibility index (Phi) is 7.89. The highest BCUT2D eigenvalue weighted by Crippen LogP contribution is 2.06. The van der Waals surface area contributed by atoms with Gasteiger partial charge in [0.05, 0.1) is 10.9 Å². The van der Waals surface area contributed by atoms with Crippen molar-refractivity contribution >= 4 is 34.9 Å². The lowest BCUT2D eigenvalue weighted by molar-refractivity contribution is -0.123. The van der Waals surface area contributed by atoms with Crippen molar-refractivity contribution < 1.29 is 4.79 Å². The highest BCUT2D eigenvalue weighted by molar-refractivity contribution is 7.98. The van der Waals surface area contributed by atoms with Crippen LogP contribution in [0.2, 0.25) is 0 Å². The number of carbonyl (C=O) groups excluding carboxylic acids is 1. The van der Waals surface area contributed by atoms with Crippen molar-refractivity contribution in [2.24, 2.45) is 11.7 Å². The molecule has 0 fully saturated rings. The zero-order valence-electron chi connectivity index (χ0n) is 8.71. The first-order valence-corrected chi connectivity index (χ1v) is 6.49. The lowest BCUT2D eigenvalue weighted by atomic mass is 10.0. The molecule has 0 aliphatic rings. The Morgan fingerprint density at radius 3 is 2.71 bits per heavy atom. The molecule has 0 heterocycles. The Balaban J connectivity index is 3.96. The van der Waals surface area contributed by atoms with Crippen LogP contribution in [0.15, 0.2) is 0 Å². The van der Waals surface area contributed by atoms with Crippen molar-refractivity contribution in [2.45, 2.75) is 19.8 Å². The molecule has 1 atom stereocenters. The Morgan fingerprint density at radius 2 is 2.29 bits per heavy atom. The average Bonchev–Trinajstić information content (AvgIpc) is 2.13. The Hall–Kier alpha value is -0.290. The van der Waals surface area contributed by atoms with Gasteiger partial charge in [-0.05, 0) is 12.7 Å². The number of hydrogen-bond acceptors (Lipinski definition) is 3. The Bertz CT molecular complexity index is 197. The second-order valence-electron chi connectivity index (χ2n) is 3.03. The van der Waals surface area contributed by atoms with Crippen molar-refractivity contribution in [2.75, 3.05) is 18.6 Å². The summed E-state index contributed by atoms with van der Waals surface area (Å²) in [4.78, 5) is 11.9. The molecular weight excluding hydrogens is 216 g/mol. The molecule has 0 aromatic heterocycles. The normalized spacial score (nSPS) is 12.1. The van der Waals surface area contributed by atoms with Gasteiger partial charge in [-0.25, -0.2) is 0 Å². The number of nitrogens with one attached hydrogen (secondary N) is 1. The predicted molar refractivity (Wildman–Crippen MR) is 66.6 cm³/mol. The van der Waals surface area contributed by atoms with Gasteiger partial charge in [-0.2, -0.15) is 11.8 Å². The van der Waals surface area contributed by atoms with Crippen LogP contribution in [0, 0.1) is 5.92 Å².